The molecule has 0 amide bonds. The third kappa shape index (κ3) is 4.40. The van der Waals surface area contributed by atoms with Gasteiger partial charge in [0.05, 0.1) is 0 Å². The summed E-state index contributed by atoms with van der Waals surface area (Å²) in [5, 5.41) is 9.67. The number of piperidine rings is 1. The monoisotopic (exact) mass is 396 g/mol. The van der Waals surface area contributed by atoms with E-state index in [-0.39, 0.29) is 24.8 Å². The maximum absolute atomic E-state index is 9.67. The van der Waals surface area contributed by atoms with Gasteiger partial charge in [0.15, 0.2) is 0 Å². The fraction of sp³-hybridized carbons (Fsp3) is 0.474. The SMILES string of the molecule is Cl.Cl.NC1CC(c2cc(N3CCC(c4cccc(O)c4)CC3)ncn2)C1. The average molecular weight is 397 g/mol. The molecule has 0 unspecified atom stereocenters. The molecule has 142 valence electrons. The van der Waals surface area contributed by atoms with Crippen LogP contribution in [0.5, 0.6) is 5.75 Å². The number of aromatic nitrogens is 2. The Bertz CT molecular complexity index is 716. The van der Waals surface area contributed by atoms with Gasteiger partial charge in [-0.25, -0.2) is 9.97 Å². The van der Waals surface area contributed by atoms with E-state index in [1.807, 2.05) is 12.1 Å². The summed E-state index contributed by atoms with van der Waals surface area (Å²) in [6.07, 6.45) is 5.93. The number of aromatic hydroxyl groups is 1. The summed E-state index contributed by atoms with van der Waals surface area (Å²) >= 11 is 0. The normalized spacial score (nSPS) is 22.7. The Hall–Kier alpha value is -1.56. The molecule has 1 aromatic carbocycles. The fourth-order valence-electron chi connectivity index (χ4n) is 3.88. The first kappa shape index (κ1) is 20.7. The number of nitrogens with zero attached hydrogens (tertiary/aromatic N) is 3. The number of hydrogen-bond acceptors (Lipinski definition) is 5. The molecule has 0 atom stereocenters. The highest BCUT2D eigenvalue weighted by molar-refractivity contribution is 5.85. The second-order valence-corrected chi connectivity index (χ2v) is 7.09. The third-order valence-corrected chi connectivity index (χ3v) is 5.43. The van der Waals surface area contributed by atoms with E-state index < -0.39 is 0 Å². The highest BCUT2D eigenvalue weighted by Crippen LogP contribution is 2.36. The zero-order valence-corrected chi connectivity index (χ0v) is 16.3. The molecule has 7 heteroatoms. The minimum Gasteiger partial charge on any atom is -0.508 e. The fourth-order valence-corrected chi connectivity index (χ4v) is 3.88. The van der Waals surface area contributed by atoms with E-state index in [0.717, 1.165) is 50.3 Å². The molecule has 1 aliphatic carbocycles. The van der Waals surface area contributed by atoms with Crippen molar-refractivity contribution in [3.8, 4) is 5.75 Å². The van der Waals surface area contributed by atoms with Gasteiger partial charge in [-0.3, -0.25) is 0 Å². The minimum absolute atomic E-state index is 0. The van der Waals surface area contributed by atoms with Gasteiger partial charge < -0.3 is 15.7 Å². The topological polar surface area (TPSA) is 75.3 Å². The lowest BCUT2D eigenvalue weighted by atomic mass is 9.78. The van der Waals surface area contributed by atoms with Crippen LogP contribution in [-0.4, -0.2) is 34.2 Å². The summed E-state index contributed by atoms with van der Waals surface area (Å²) in [7, 11) is 0. The standard InChI is InChI=1S/C19H24N4O.2ClH/c20-16-8-15(9-16)18-11-19(22-12-21-18)23-6-4-13(5-7-23)14-2-1-3-17(24)10-14;;/h1-3,10-13,15-16,24H,4-9,20H2;2*1H. The number of rotatable bonds is 3. The van der Waals surface area contributed by atoms with Gasteiger partial charge in [0.2, 0.25) is 0 Å². The Morgan fingerprint density at radius 2 is 1.73 bits per heavy atom. The maximum Gasteiger partial charge on any atom is 0.132 e. The highest BCUT2D eigenvalue weighted by Gasteiger charge is 2.29. The maximum atomic E-state index is 9.67. The van der Waals surface area contributed by atoms with Crippen LogP contribution in [-0.2, 0) is 0 Å². The molecule has 1 saturated heterocycles. The number of phenolic OH excluding ortho intramolecular Hbond substituents is 1. The first-order valence-electron chi connectivity index (χ1n) is 8.80. The summed E-state index contributed by atoms with van der Waals surface area (Å²) < 4.78 is 0. The van der Waals surface area contributed by atoms with Gasteiger partial charge in [-0.1, -0.05) is 12.1 Å². The Labute approximate surface area is 166 Å². The summed E-state index contributed by atoms with van der Waals surface area (Å²) in [5.41, 5.74) is 8.27. The van der Waals surface area contributed by atoms with Crippen molar-refractivity contribution < 1.29 is 5.11 Å². The Kier molecular flexibility index (Phi) is 7.09. The molecule has 2 aliphatic rings. The predicted octanol–water partition coefficient (Wildman–Crippen LogP) is 3.61. The van der Waals surface area contributed by atoms with Crippen molar-refractivity contribution in [2.24, 2.45) is 5.73 Å². The van der Waals surface area contributed by atoms with Crippen LogP contribution in [0.15, 0.2) is 36.7 Å². The lowest BCUT2D eigenvalue weighted by molar-refractivity contribution is 0.345. The molecule has 1 aliphatic heterocycles. The molecule has 1 aromatic heterocycles. The first-order chi connectivity index (χ1) is 11.7. The molecule has 26 heavy (non-hydrogen) atoms. The molecule has 2 fully saturated rings. The van der Waals surface area contributed by atoms with Crippen molar-refractivity contribution in [3.05, 3.63) is 47.9 Å². The molecule has 0 spiro atoms. The largest absolute Gasteiger partial charge is 0.508 e. The van der Waals surface area contributed by atoms with E-state index in [4.69, 9.17) is 5.73 Å². The van der Waals surface area contributed by atoms with E-state index in [9.17, 15) is 5.11 Å². The van der Waals surface area contributed by atoms with E-state index in [1.165, 1.54) is 5.56 Å². The van der Waals surface area contributed by atoms with Crippen molar-refractivity contribution in [3.63, 3.8) is 0 Å². The van der Waals surface area contributed by atoms with Crippen molar-refractivity contribution in [2.75, 3.05) is 18.0 Å². The van der Waals surface area contributed by atoms with Gasteiger partial charge in [0.25, 0.3) is 0 Å². The van der Waals surface area contributed by atoms with Gasteiger partial charge in [0.1, 0.15) is 17.9 Å². The summed E-state index contributed by atoms with van der Waals surface area (Å²) in [5.74, 6) is 2.41. The van der Waals surface area contributed by atoms with Gasteiger partial charge >= 0.3 is 0 Å². The Morgan fingerprint density at radius 3 is 2.38 bits per heavy atom. The minimum atomic E-state index is 0. The predicted molar refractivity (Wildman–Crippen MR) is 109 cm³/mol. The van der Waals surface area contributed by atoms with Crippen LogP contribution in [0.1, 0.15) is 48.8 Å². The molecule has 5 nitrogen and oxygen atoms in total. The van der Waals surface area contributed by atoms with Crippen LogP contribution in [0.2, 0.25) is 0 Å². The molecule has 0 bridgehead atoms. The molecular weight excluding hydrogens is 371 g/mol. The molecule has 2 heterocycles. The lowest BCUT2D eigenvalue weighted by Gasteiger charge is -2.35. The number of hydrogen-bond donors (Lipinski definition) is 2. The molecule has 3 N–H and O–H groups in total. The van der Waals surface area contributed by atoms with Crippen molar-refractivity contribution >= 4 is 30.6 Å². The average Bonchev–Trinajstić information content (AvgIpc) is 2.59. The van der Waals surface area contributed by atoms with Crippen molar-refractivity contribution in [1.29, 1.82) is 0 Å². The Balaban J connectivity index is 0.00000121. The Morgan fingerprint density at radius 1 is 1.00 bits per heavy atom. The third-order valence-electron chi connectivity index (χ3n) is 5.43. The van der Waals surface area contributed by atoms with Gasteiger partial charge in [0, 0.05) is 36.8 Å². The van der Waals surface area contributed by atoms with E-state index >= 15 is 0 Å². The molecular formula is C19H26Cl2N4O. The van der Waals surface area contributed by atoms with Gasteiger partial charge in [-0.15, -0.1) is 24.8 Å². The van der Waals surface area contributed by atoms with E-state index in [1.54, 1.807) is 12.4 Å². The summed E-state index contributed by atoms with van der Waals surface area (Å²) in [6, 6.07) is 10.1. The molecule has 0 radical (unpaired) electrons. The van der Waals surface area contributed by atoms with E-state index in [0.29, 0.717) is 23.6 Å². The zero-order chi connectivity index (χ0) is 16.5. The quantitative estimate of drug-likeness (QED) is 0.828. The van der Waals surface area contributed by atoms with Crippen LogP contribution >= 0.6 is 24.8 Å². The van der Waals surface area contributed by atoms with Crippen LogP contribution < -0.4 is 10.6 Å². The number of benzene rings is 1. The number of phenols is 1. The highest BCUT2D eigenvalue weighted by atomic mass is 35.5. The van der Waals surface area contributed by atoms with Crippen LogP contribution in [0.4, 0.5) is 5.82 Å². The number of anilines is 1. The summed E-state index contributed by atoms with van der Waals surface area (Å²) in [4.78, 5) is 11.3. The number of nitrogens with two attached hydrogens (primary N) is 1. The smallest absolute Gasteiger partial charge is 0.132 e. The second kappa shape index (κ2) is 8.89. The zero-order valence-electron chi connectivity index (χ0n) is 14.6. The second-order valence-electron chi connectivity index (χ2n) is 7.09. The van der Waals surface area contributed by atoms with Crippen molar-refractivity contribution in [2.45, 2.75) is 43.6 Å². The lowest BCUT2D eigenvalue weighted by Crippen LogP contribution is -2.36. The first-order valence-corrected chi connectivity index (χ1v) is 8.80. The molecule has 2 aromatic rings. The summed E-state index contributed by atoms with van der Waals surface area (Å²) in [6.45, 7) is 1.97. The van der Waals surface area contributed by atoms with Crippen LogP contribution in [0.25, 0.3) is 0 Å². The van der Waals surface area contributed by atoms with Crippen LogP contribution in [0.3, 0.4) is 0 Å². The molecule has 4 rings (SSSR count). The van der Waals surface area contributed by atoms with Gasteiger partial charge in [-0.05, 0) is 49.3 Å². The van der Waals surface area contributed by atoms with E-state index in [2.05, 4.69) is 27.0 Å². The van der Waals surface area contributed by atoms with Crippen molar-refractivity contribution in [1.82, 2.24) is 9.97 Å². The molecule has 1 saturated carbocycles. The van der Waals surface area contributed by atoms with Crippen LogP contribution in [0, 0.1) is 0 Å². The van der Waals surface area contributed by atoms with Gasteiger partial charge in [-0.2, -0.15) is 0 Å². The number of halogens is 2.